The summed E-state index contributed by atoms with van der Waals surface area (Å²) in [5.41, 5.74) is -5.25. The Balaban J connectivity index is 2.79. The molecule has 28 heavy (non-hydrogen) atoms. The summed E-state index contributed by atoms with van der Waals surface area (Å²) in [6, 6.07) is 0. The average molecular weight is 396 g/mol. The van der Waals surface area contributed by atoms with Crippen LogP contribution in [0.4, 0.5) is 0 Å². The van der Waals surface area contributed by atoms with Gasteiger partial charge in [-0.2, -0.15) is 0 Å². The van der Waals surface area contributed by atoms with Gasteiger partial charge in [-0.15, -0.1) is 0 Å². The van der Waals surface area contributed by atoms with Crippen LogP contribution in [-0.4, -0.2) is 55.1 Å². The maximum Gasteiger partial charge on any atom is 0.216 e. The highest BCUT2D eigenvalue weighted by Crippen LogP contribution is 2.59. The molecule has 1 aliphatic heterocycles. The molecular weight excluding hydrogens is 364 g/mol. The van der Waals surface area contributed by atoms with Gasteiger partial charge in [-0.1, -0.05) is 25.5 Å². The molecule has 1 heterocycles. The zero-order chi connectivity index (χ0) is 21.9. The first kappa shape index (κ1) is 22.7. The van der Waals surface area contributed by atoms with Gasteiger partial charge in [0.1, 0.15) is 11.3 Å². The highest BCUT2D eigenvalue weighted by molar-refractivity contribution is 6.25. The van der Waals surface area contributed by atoms with Crippen LogP contribution in [0.25, 0.3) is 0 Å². The lowest BCUT2D eigenvalue weighted by Crippen LogP contribution is -2.68. The normalized spacial score (nSPS) is 36.0. The van der Waals surface area contributed by atoms with Crippen LogP contribution in [-0.2, 0) is 14.3 Å². The van der Waals surface area contributed by atoms with Crippen molar-refractivity contribution in [3.05, 3.63) is 23.0 Å². The lowest BCUT2D eigenvalue weighted by Gasteiger charge is -2.50. The van der Waals surface area contributed by atoms with Gasteiger partial charge < -0.3 is 25.2 Å². The van der Waals surface area contributed by atoms with Crippen molar-refractivity contribution in [2.45, 2.75) is 84.4 Å². The minimum absolute atomic E-state index is 0.0146. The third-order valence-electron chi connectivity index (χ3n) is 5.94. The number of Topliss-reactive ketones (excluding diaryl/α,β-unsaturated/α-hetero) is 2. The van der Waals surface area contributed by atoms with Crippen LogP contribution in [0, 0.1) is 11.3 Å². The predicted molar refractivity (Wildman–Crippen MR) is 102 cm³/mol. The number of rotatable bonds is 5. The number of hydrogen-bond donors (Lipinski definition) is 4. The number of aliphatic hydroxyl groups excluding tert-OH is 1. The first-order valence-corrected chi connectivity index (χ1v) is 9.54. The Morgan fingerprint density at radius 2 is 1.86 bits per heavy atom. The number of carbonyl (C=O) groups excluding carboxylic acids is 2. The maximum absolute atomic E-state index is 13.2. The fourth-order valence-electron chi connectivity index (χ4n) is 3.89. The van der Waals surface area contributed by atoms with E-state index in [1.54, 1.807) is 19.9 Å². The molecule has 0 bridgehead atoms. The maximum atomic E-state index is 13.2. The second-order valence-electron chi connectivity index (χ2n) is 9.36. The number of fused-ring (bicyclic) bond motifs is 1. The smallest absolute Gasteiger partial charge is 0.216 e. The Labute approximate surface area is 165 Å². The molecule has 1 saturated heterocycles. The minimum atomic E-state index is -2.52. The molecule has 0 aromatic carbocycles. The van der Waals surface area contributed by atoms with E-state index in [2.05, 4.69) is 0 Å². The third kappa shape index (κ3) is 3.05. The summed E-state index contributed by atoms with van der Waals surface area (Å²) in [7, 11) is 0. The topological polar surface area (TPSA) is 124 Å². The van der Waals surface area contributed by atoms with Gasteiger partial charge >= 0.3 is 0 Å². The molecule has 0 aromatic rings. The van der Waals surface area contributed by atoms with Crippen molar-refractivity contribution in [3.63, 3.8) is 0 Å². The summed E-state index contributed by atoms with van der Waals surface area (Å²) in [6.07, 6.45) is 0.251. The molecule has 0 spiro atoms. The fourth-order valence-corrected chi connectivity index (χ4v) is 3.89. The molecule has 0 radical (unpaired) electrons. The number of ether oxygens (including phenoxy) is 1. The lowest BCUT2D eigenvalue weighted by molar-refractivity contribution is -0.318. The molecule has 158 valence electrons. The summed E-state index contributed by atoms with van der Waals surface area (Å²) in [5, 5.41) is 44.2. The third-order valence-corrected chi connectivity index (χ3v) is 5.94. The average Bonchev–Trinajstić information content (AvgIpc) is 2.86. The molecule has 2 rings (SSSR count). The van der Waals surface area contributed by atoms with E-state index in [9.17, 15) is 30.0 Å². The van der Waals surface area contributed by atoms with Crippen molar-refractivity contribution < 1.29 is 34.8 Å². The Morgan fingerprint density at radius 3 is 2.29 bits per heavy atom. The monoisotopic (exact) mass is 396 g/mol. The molecule has 4 N–H and O–H groups in total. The predicted octanol–water partition coefficient (Wildman–Crippen LogP) is 1.95. The number of ketones is 2. The van der Waals surface area contributed by atoms with Crippen LogP contribution in [0.2, 0.25) is 0 Å². The van der Waals surface area contributed by atoms with Crippen LogP contribution < -0.4 is 0 Å². The zero-order valence-electron chi connectivity index (χ0n) is 17.7. The molecule has 0 aromatic heterocycles. The quantitative estimate of drug-likeness (QED) is 0.413. The van der Waals surface area contributed by atoms with Crippen molar-refractivity contribution in [2.75, 3.05) is 0 Å². The summed E-state index contributed by atoms with van der Waals surface area (Å²) in [6.45, 7) is 11.1. The van der Waals surface area contributed by atoms with Gasteiger partial charge in [-0.25, -0.2) is 0 Å². The van der Waals surface area contributed by atoms with Crippen molar-refractivity contribution in [2.24, 2.45) is 11.3 Å². The van der Waals surface area contributed by atoms with E-state index in [1.807, 2.05) is 13.8 Å². The summed E-state index contributed by atoms with van der Waals surface area (Å²) >= 11 is 0. The molecule has 1 aliphatic carbocycles. The number of allylic oxidation sites excluding steroid dienone is 2. The van der Waals surface area contributed by atoms with Crippen LogP contribution in [0.3, 0.4) is 0 Å². The molecule has 0 saturated carbocycles. The number of aliphatic hydroxyl groups is 4. The molecule has 7 nitrogen and oxygen atoms in total. The Bertz CT molecular complexity index is 753. The van der Waals surface area contributed by atoms with Gasteiger partial charge in [-0.3, -0.25) is 9.59 Å². The lowest BCUT2D eigenvalue weighted by atomic mass is 9.60. The first-order chi connectivity index (χ1) is 12.5. The standard InChI is InChI=1S/C21H32O7/c1-11(2)8-9-19(7)16(23)14(15(22)12(3)4)17(24)20(26)10-13(18(5,6)25)28-21(19,20)27/h8,12-13,23,25-27H,9-10H2,1-7H3. The SMILES string of the molecule is CC(C)=CCC1(C)C(O)=C(C(=O)C(C)C)C(=O)C2(O)CC(C(C)(C)O)OC12O. The second kappa shape index (κ2) is 6.76. The molecule has 1 fully saturated rings. The second-order valence-corrected chi connectivity index (χ2v) is 9.36. The zero-order valence-corrected chi connectivity index (χ0v) is 17.7. The Hall–Kier alpha value is -1.54. The fraction of sp³-hybridized carbons (Fsp3) is 0.714. The summed E-state index contributed by atoms with van der Waals surface area (Å²) < 4.78 is 5.70. The summed E-state index contributed by atoms with van der Waals surface area (Å²) in [5.74, 6) is -5.41. The Morgan fingerprint density at radius 1 is 1.32 bits per heavy atom. The van der Waals surface area contributed by atoms with Gasteiger partial charge in [0.25, 0.3) is 0 Å². The summed E-state index contributed by atoms with van der Waals surface area (Å²) in [4.78, 5) is 25.9. The Kier molecular flexibility index (Phi) is 5.49. The van der Waals surface area contributed by atoms with Crippen LogP contribution in [0.1, 0.15) is 61.3 Å². The van der Waals surface area contributed by atoms with Crippen LogP contribution in [0.5, 0.6) is 0 Å². The molecule has 0 amide bonds. The largest absolute Gasteiger partial charge is 0.511 e. The van der Waals surface area contributed by atoms with Crippen LogP contribution in [0.15, 0.2) is 23.0 Å². The van der Waals surface area contributed by atoms with E-state index in [0.29, 0.717) is 0 Å². The molecule has 7 heteroatoms. The van der Waals surface area contributed by atoms with E-state index >= 15 is 0 Å². The molecule has 4 atom stereocenters. The van der Waals surface area contributed by atoms with Crippen molar-refractivity contribution >= 4 is 11.6 Å². The van der Waals surface area contributed by atoms with E-state index < -0.39 is 63.7 Å². The number of hydrogen-bond acceptors (Lipinski definition) is 7. The van der Waals surface area contributed by atoms with Gasteiger partial charge in [0.2, 0.25) is 11.6 Å². The van der Waals surface area contributed by atoms with Gasteiger partial charge in [-0.05, 0) is 41.0 Å². The van der Waals surface area contributed by atoms with E-state index in [0.717, 1.165) is 5.57 Å². The van der Waals surface area contributed by atoms with E-state index in [4.69, 9.17) is 4.74 Å². The van der Waals surface area contributed by atoms with Gasteiger partial charge in [0.15, 0.2) is 11.4 Å². The highest BCUT2D eigenvalue weighted by Gasteiger charge is 2.76. The number of carbonyl (C=O) groups is 2. The molecular formula is C21H32O7. The minimum Gasteiger partial charge on any atom is -0.511 e. The van der Waals surface area contributed by atoms with E-state index in [-0.39, 0.29) is 6.42 Å². The highest BCUT2D eigenvalue weighted by atomic mass is 16.7. The van der Waals surface area contributed by atoms with Gasteiger partial charge in [0, 0.05) is 12.3 Å². The van der Waals surface area contributed by atoms with Crippen LogP contribution >= 0.6 is 0 Å². The molecule has 4 unspecified atom stereocenters. The molecule has 2 aliphatic rings. The van der Waals surface area contributed by atoms with Gasteiger partial charge in [0.05, 0.1) is 17.1 Å². The van der Waals surface area contributed by atoms with Crippen molar-refractivity contribution in [1.82, 2.24) is 0 Å². The van der Waals surface area contributed by atoms with E-state index in [1.165, 1.54) is 20.8 Å². The van der Waals surface area contributed by atoms with Crippen molar-refractivity contribution in [3.8, 4) is 0 Å². The van der Waals surface area contributed by atoms with Crippen molar-refractivity contribution in [1.29, 1.82) is 0 Å². The first-order valence-electron chi connectivity index (χ1n) is 9.54.